The molecular formula is C15H15NO3S. The first-order valence-electron chi connectivity index (χ1n) is 5.97. The number of rotatable bonds is 4. The summed E-state index contributed by atoms with van der Waals surface area (Å²) in [6.07, 6.45) is 1.95. The Morgan fingerprint density at radius 3 is 2.65 bits per heavy atom. The molecule has 0 heterocycles. The fourth-order valence-corrected chi connectivity index (χ4v) is 2.33. The van der Waals surface area contributed by atoms with E-state index in [0.29, 0.717) is 11.3 Å². The zero-order valence-electron chi connectivity index (χ0n) is 11.2. The van der Waals surface area contributed by atoms with E-state index >= 15 is 0 Å². The van der Waals surface area contributed by atoms with Gasteiger partial charge < -0.3 is 15.2 Å². The van der Waals surface area contributed by atoms with Crippen LogP contribution >= 0.6 is 11.8 Å². The van der Waals surface area contributed by atoms with E-state index in [0.717, 1.165) is 10.6 Å². The highest BCUT2D eigenvalue weighted by atomic mass is 32.2. The SMILES string of the molecule is COc1ccc(C(=O)Nc2ccccc2SC)cc1O. The molecule has 4 nitrogen and oxygen atoms in total. The Hall–Kier alpha value is -2.14. The zero-order chi connectivity index (χ0) is 14.5. The summed E-state index contributed by atoms with van der Waals surface area (Å²) in [5.41, 5.74) is 1.12. The van der Waals surface area contributed by atoms with Crippen molar-refractivity contribution in [3.05, 3.63) is 48.0 Å². The molecule has 2 N–H and O–H groups in total. The van der Waals surface area contributed by atoms with Gasteiger partial charge in [-0.15, -0.1) is 11.8 Å². The predicted octanol–water partition coefficient (Wildman–Crippen LogP) is 3.38. The van der Waals surface area contributed by atoms with Gasteiger partial charge in [0.25, 0.3) is 5.91 Å². The Kier molecular flexibility index (Phi) is 4.53. The number of hydrogen-bond donors (Lipinski definition) is 2. The van der Waals surface area contributed by atoms with Crippen LogP contribution in [-0.2, 0) is 0 Å². The molecule has 2 aromatic rings. The second-order valence-corrected chi connectivity index (χ2v) is 4.89. The summed E-state index contributed by atoms with van der Waals surface area (Å²) in [6.45, 7) is 0. The summed E-state index contributed by atoms with van der Waals surface area (Å²) in [4.78, 5) is 13.1. The molecule has 0 aliphatic carbocycles. The maximum atomic E-state index is 12.2. The van der Waals surface area contributed by atoms with Gasteiger partial charge in [0.1, 0.15) is 0 Å². The van der Waals surface area contributed by atoms with E-state index < -0.39 is 0 Å². The standard InChI is InChI=1S/C15H15NO3S/c1-19-13-8-7-10(9-12(13)17)15(18)16-11-5-3-4-6-14(11)20-2/h3-9,17H,1-2H3,(H,16,18). The molecule has 5 heteroatoms. The van der Waals surface area contributed by atoms with Gasteiger partial charge in [-0.3, -0.25) is 4.79 Å². The van der Waals surface area contributed by atoms with E-state index in [4.69, 9.17) is 4.74 Å². The zero-order valence-corrected chi connectivity index (χ0v) is 12.0. The largest absolute Gasteiger partial charge is 0.504 e. The third-order valence-corrected chi connectivity index (χ3v) is 3.59. The number of hydrogen-bond acceptors (Lipinski definition) is 4. The molecule has 2 aromatic carbocycles. The lowest BCUT2D eigenvalue weighted by atomic mass is 10.2. The molecule has 104 valence electrons. The maximum absolute atomic E-state index is 12.2. The van der Waals surface area contributed by atoms with E-state index in [1.54, 1.807) is 23.9 Å². The fourth-order valence-electron chi connectivity index (χ4n) is 1.77. The molecule has 0 aromatic heterocycles. The third kappa shape index (κ3) is 3.05. The van der Waals surface area contributed by atoms with Gasteiger partial charge in [-0.1, -0.05) is 12.1 Å². The van der Waals surface area contributed by atoms with Crippen LogP contribution in [0, 0.1) is 0 Å². The first-order chi connectivity index (χ1) is 9.65. The Bertz CT molecular complexity index is 628. The number of anilines is 1. The average Bonchev–Trinajstić information content (AvgIpc) is 2.47. The number of phenols is 1. The summed E-state index contributed by atoms with van der Waals surface area (Å²) < 4.78 is 4.95. The minimum absolute atomic E-state index is 0.0571. The van der Waals surface area contributed by atoms with Crippen molar-refractivity contribution in [2.75, 3.05) is 18.7 Å². The number of amides is 1. The van der Waals surface area contributed by atoms with Crippen LogP contribution in [0.25, 0.3) is 0 Å². The highest BCUT2D eigenvalue weighted by molar-refractivity contribution is 7.98. The molecule has 1 amide bonds. The van der Waals surface area contributed by atoms with Crippen molar-refractivity contribution in [3.8, 4) is 11.5 Å². The number of para-hydroxylation sites is 1. The van der Waals surface area contributed by atoms with E-state index in [-0.39, 0.29) is 11.7 Å². The Morgan fingerprint density at radius 2 is 2.00 bits per heavy atom. The topological polar surface area (TPSA) is 58.6 Å². The number of aromatic hydroxyl groups is 1. The summed E-state index contributed by atoms with van der Waals surface area (Å²) in [7, 11) is 1.46. The average molecular weight is 289 g/mol. The minimum atomic E-state index is -0.274. The highest BCUT2D eigenvalue weighted by Crippen LogP contribution is 2.28. The van der Waals surface area contributed by atoms with Crippen molar-refractivity contribution in [1.82, 2.24) is 0 Å². The highest BCUT2D eigenvalue weighted by Gasteiger charge is 2.11. The molecule has 0 aliphatic heterocycles. The van der Waals surface area contributed by atoms with Crippen molar-refractivity contribution >= 4 is 23.4 Å². The lowest BCUT2D eigenvalue weighted by Crippen LogP contribution is -2.12. The van der Waals surface area contributed by atoms with Gasteiger partial charge in [0.05, 0.1) is 12.8 Å². The minimum Gasteiger partial charge on any atom is -0.504 e. The van der Waals surface area contributed by atoms with Gasteiger partial charge in [0.15, 0.2) is 11.5 Å². The summed E-state index contributed by atoms with van der Waals surface area (Å²) in [5.74, 6) is 0.00817. The molecule has 2 rings (SSSR count). The van der Waals surface area contributed by atoms with Gasteiger partial charge in [0, 0.05) is 10.5 Å². The van der Waals surface area contributed by atoms with Gasteiger partial charge in [0.2, 0.25) is 0 Å². The molecule has 0 saturated heterocycles. The number of ether oxygens (including phenoxy) is 1. The monoisotopic (exact) mass is 289 g/mol. The number of methoxy groups -OCH3 is 1. The van der Waals surface area contributed by atoms with Gasteiger partial charge in [-0.25, -0.2) is 0 Å². The number of thioether (sulfide) groups is 1. The van der Waals surface area contributed by atoms with Crippen LogP contribution in [0.5, 0.6) is 11.5 Å². The van der Waals surface area contributed by atoms with E-state index in [1.807, 2.05) is 30.5 Å². The fraction of sp³-hybridized carbons (Fsp3) is 0.133. The van der Waals surface area contributed by atoms with Crippen molar-refractivity contribution < 1.29 is 14.6 Å². The Labute approximate surface area is 121 Å². The predicted molar refractivity (Wildman–Crippen MR) is 80.8 cm³/mol. The molecule has 20 heavy (non-hydrogen) atoms. The Morgan fingerprint density at radius 1 is 1.25 bits per heavy atom. The molecule has 0 spiro atoms. The van der Waals surface area contributed by atoms with Crippen LogP contribution < -0.4 is 10.1 Å². The molecular weight excluding hydrogens is 274 g/mol. The molecule has 0 bridgehead atoms. The quantitative estimate of drug-likeness (QED) is 0.847. The molecule has 0 atom stereocenters. The van der Waals surface area contributed by atoms with Crippen LogP contribution in [0.3, 0.4) is 0 Å². The summed E-state index contributed by atoms with van der Waals surface area (Å²) in [5, 5.41) is 12.5. The summed E-state index contributed by atoms with van der Waals surface area (Å²) in [6, 6.07) is 12.1. The normalized spacial score (nSPS) is 10.1. The van der Waals surface area contributed by atoms with E-state index in [9.17, 15) is 9.90 Å². The van der Waals surface area contributed by atoms with Crippen LogP contribution in [0.15, 0.2) is 47.4 Å². The Balaban J connectivity index is 2.22. The van der Waals surface area contributed by atoms with Crippen LogP contribution in [0.1, 0.15) is 10.4 Å². The van der Waals surface area contributed by atoms with Gasteiger partial charge in [-0.2, -0.15) is 0 Å². The van der Waals surface area contributed by atoms with Crippen LogP contribution in [0.2, 0.25) is 0 Å². The third-order valence-electron chi connectivity index (χ3n) is 2.80. The molecule has 0 fully saturated rings. The van der Waals surface area contributed by atoms with Crippen LogP contribution in [0.4, 0.5) is 5.69 Å². The van der Waals surface area contributed by atoms with E-state index in [1.165, 1.54) is 13.2 Å². The lowest BCUT2D eigenvalue weighted by Gasteiger charge is -2.10. The number of carbonyl (C=O) groups is 1. The molecule has 0 unspecified atom stereocenters. The van der Waals surface area contributed by atoms with Crippen LogP contribution in [-0.4, -0.2) is 24.4 Å². The molecule has 0 radical (unpaired) electrons. The number of carbonyl (C=O) groups excluding carboxylic acids is 1. The first-order valence-corrected chi connectivity index (χ1v) is 7.19. The van der Waals surface area contributed by atoms with Crippen molar-refractivity contribution in [2.24, 2.45) is 0 Å². The lowest BCUT2D eigenvalue weighted by molar-refractivity contribution is 0.102. The molecule has 0 aliphatic rings. The number of benzene rings is 2. The molecule has 0 saturated carbocycles. The second-order valence-electron chi connectivity index (χ2n) is 4.04. The van der Waals surface area contributed by atoms with Gasteiger partial charge >= 0.3 is 0 Å². The maximum Gasteiger partial charge on any atom is 0.255 e. The summed E-state index contributed by atoms with van der Waals surface area (Å²) >= 11 is 1.56. The van der Waals surface area contributed by atoms with Crippen molar-refractivity contribution in [1.29, 1.82) is 0 Å². The smallest absolute Gasteiger partial charge is 0.255 e. The van der Waals surface area contributed by atoms with Crippen molar-refractivity contribution in [3.63, 3.8) is 0 Å². The van der Waals surface area contributed by atoms with Gasteiger partial charge in [-0.05, 0) is 36.6 Å². The van der Waals surface area contributed by atoms with E-state index in [2.05, 4.69) is 5.32 Å². The second kappa shape index (κ2) is 6.34. The number of nitrogens with one attached hydrogen (secondary N) is 1. The first kappa shape index (κ1) is 14.3. The van der Waals surface area contributed by atoms with Crippen molar-refractivity contribution in [2.45, 2.75) is 4.90 Å². The number of phenolic OH excluding ortho intramolecular Hbond substituents is 1.